The number of imidazole rings is 1. The lowest BCUT2D eigenvalue weighted by molar-refractivity contribution is 0.174. The SMILES string of the molecule is COC(=O)n1c(-c2ccccc2)nc2ccccc21. The second-order valence-electron chi connectivity index (χ2n) is 4.10. The van der Waals surface area contributed by atoms with Gasteiger partial charge in [-0.1, -0.05) is 42.5 Å². The third-order valence-corrected chi connectivity index (χ3v) is 2.95. The van der Waals surface area contributed by atoms with Gasteiger partial charge in [0.05, 0.1) is 18.1 Å². The molecule has 3 rings (SSSR count). The fraction of sp³-hybridized carbons (Fsp3) is 0.0667. The van der Waals surface area contributed by atoms with Crippen LogP contribution in [0.15, 0.2) is 54.6 Å². The first-order chi connectivity index (χ1) is 9.31. The number of para-hydroxylation sites is 2. The highest BCUT2D eigenvalue weighted by molar-refractivity contribution is 5.91. The van der Waals surface area contributed by atoms with Gasteiger partial charge in [-0.25, -0.2) is 14.3 Å². The van der Waals surface area contributed by atoms with Gasteiger partial charge in [-0.05, 0) is 12.1 Å². The largest absolute Gasteiger partial charge is 0.452 e. The quantitative estimate of drug-likeness (QED) is 0.667. The van der Waals surface area contributed by atoms with E-state index in [0.717, 1.165) is 16.6 Å². The van der Waals surface area contributed by atoms with Crippen molar-refractivity contribution in [2.75, 3.05) is 7.11 Å². The van der Waals surface area contributed by atoms with Crippen molar-refractivity contribution < 1.29 is 9.53 Å². The van der Waals surface area contributed by atoms with Crippen molar-refractivity contribution in [2.24, 2.45) is 0 Å². The van der Waals surface area contributed by atoms with Gasteiger partial charge in [0.2, 0.25) is 0 Å². The van der Waals surface area contributed by atoms with Crippen LogP contribution < -0.4 is 0 Å². The van der Waals surface area contributed by atoms with Gasteiger partial charge in [0, 0.05) is 5.56 Å². The summed E-state index contributed by atoms with van der Waals surface area (Å²) >= 11 is 0. The van der Waals surface area contributed by atoms with E-state index in [1.165, 1.54) is 11.7 Å². The van der Waals surface area contributed by atoms with E-state index in [1.54, 1.807) is 0 Å². The highest BCUT2D eigenvalue weighted by Gasteiger charge is 2.17. The van der Waals surface area contributed by atoms with Gasteiger partial charge in [0.25, 0.3) is 0 Å². The third kappa shape index (κ3) is 1.87. The lowest BCUT2D eigenvalue weighted by Gasteiger charge is -2.05. The Labute approximate surface area is 110 Å². The van der Waals surface area contributed by atoms with Crippen LogP contribution in [-0.4, -0.2) is 22.8 Å². The molecule has 1 heterocycles. The molecule has 1 aromatic heterocycles. The number of carbonyl (C=O) groups is 1. The maximum atomic E-state index is 12.0. The molecule has 0 spiro atoms. The molecule has 2 aromatic carbocycles. The van der Waals surface area contributed by atoms with Crippen LogP contribution in [0.5, 0.6) is 0 Å². The molecule has 0 atom stereocenters. The zero-order valence-electron chi connectivity index (χ0n) is 10.4. The van der Waals surface area contributed by atoms with Crippen LogP contribution in [0.25, 0.3) is 22.4 Å². The molecule has 0 aliphatic rings. The Balaban J connectivity index is 2.32. The standard InChI is InChI=1S/C15H12N2O2/c1-19-15(18)17-13-10-6-5-9-12(13)16-14(17)11-7-3-2-4-8-11/h2-10H,1H3. The number of carbonyl (C=O) groups excluding carboxylic acids is 1. The Morgan fingerprint density at radius 1 is 1.05 bits per heavy atom. The van der Waals surface area contributed by atoms with Crippen LogP contribution in [-0.2, 0) is 4.74 Å². The number of nitrogens with zero attached hydrogens (tertiary/aromatic N) is 2. The van der Waals surface area contributed by atoms with E-state index >= 15 is 0 Å². The summed E-state index contributed by atoms with van der Waals surface area (Å²) in [7, 11) is 1.37. The fourth-order valence-electron chi connectivity index (χ4n) is 2.08. The van der Waals surface area contributed by atoms with Gasteiger partial charge in [-0.15, -0.1) is 0 Å². The van der Waals surface area contributed by atoms with E-state index < -0.39 is 6.09 Å². The molecule has 94 valence electrons. The summed E-state index contributed by atoms with van der Waals surface area (Å²) in [4.78, 5) is 16.5. The molecular formula is C15H12N2O2. The van der Waals surface area contributed by atoms with Gasteiger partial charge in [0.15, 0.2) is 5.82 Å². The molecule has 0 amide bonds. The lowest BCUT2D eigenvalue weighted by atomic mass is 10.2. The molecule has 0 unspecified atom stereocenters. The van der Waals surface area contributed by atoms with Crippen molar-refractivity contribution >= 4 is 17.1 Å². The summed E-state index contributed by atoms with van der Waals surface area (Å²) in [5.74, 6) is 0.591. The summed E-state index contributed by atoms with van der Waals surface area (Å²) < 4.78 is 6.34. The molecule has 4 nitrogen and oxygen atoms in total. The van der Waals surface area contributed by atoms with Crippen molar-refractivity contribution in [3.05, 3.63) is 54.6 Å². The van der Waals surface area contributed by atoms with E-state index in [9.17, 15) is 4.79 Å². The van der Waals surface area contributed by atoms with Crippen molar-refractivity contribution in [1.82, 2.24) is 9.55 Å². The average molecular weight is 252 g/mol. The maximum Gasteiger partial charge on any atom is 0.419 e. The van der Waals surface area contributed by atoms with E-state index in [2.05, 4.69) is 4.98 Å². The summed E-state index contributed by atoms with van der Waals surface area (Å²) in [6.07, 6.45) is -0.437. The minimum absolute atomic E-state index is 0.437. The summed E-state index contributed by atoms with van der Waals surface area (Å²) in [6, 6.07) is 17.1. The van der Waals surface area contributed by atoms with Crippen LogP contribution in [0.4, 0.5) is 4.79 Å². The molecule has 19 heavy (non-hydrogen) atoms. The molecular weight excluding hydrogens is 240 g/mol. The second-order valence-corrected chi connectivity index (χ2v) is 4.10. The molecule has 0 bridgehead atoms. The molecule has 0 saturated carbocycles. The topological polar surface area (TPSA) is 44.1 Å². The molecule has 4 heteroatoms. The Morgan fingerprint density at radius 3 is 2.47 bits per heavy atom. The lowest BCUT2D eigenvalue weighted by Crippen LogP contribution is -2.12. The van der Waals surface area contributed by atoms with Crippen molar-refractivity contribution in [2.45, 2.75) is 0 Å². The number of methoxy groups -OCH3 is 1. The van der Waals surface area contributed by atoms with Crippen molar-refractivity contribution in [1.29, 1.82) is 0 Å². The number of ether oxygens (including phenoxy) is 1. The molecule has 3 aromatic rings. The number of hydrogen-bond donors (Lipinski definition) is 0. The molecule has 0 saturated heterocycles. The Bertz CT molecular complexity index is 732. The first kappa shape index (κ1) is 11.5. The molecule has 0 fully saturated rings. The van der Waals surface area contributed by atoms with Gasteiger partial charge < -0.3 is 4.74 Å². The average Bonchev–Trinajstić information content (AvgIpc) is 2.87. The number of benzene rings is 2. The van der Waals surface area contributed by atoms with Crippen LogP contribution in [0.2, 0.25) is 0 Å². The van der Waals surface area contributed by atoms with Crippen LogP contribution in [0.3, 0.4) is 0 Å². The predicted molar refractivity (Wildman–Crippen MR) is 73.0 cm³/mol. The van der Waals surface area contributed by atoms with Crippen LogP contribution in [0, 0.1) is 0 Å². The van der Waals surface area contributed by atoms with Gasteiger partial charge in [-0.3, -0.25) is 0 Å². The molecule has 0 aliphatic heterocycles. The van der Waals surface area contributed by atoms with E-state index in [4.69, 9.17) is 4.74 Å². The number of fused-ring (bicyclic) bond motifs is 1. The minimum Gasteiger partial charge on any atom is -0.452 e. The normalized spacial score (nSPS) is 10.6. The maximum absolute atomic E-state index is 12.0. The van der Waals surface area contributed by atoms with Crippen LogP contribution in [0.1, 0.15) is 0 Å². The van der Waals surface area contributed by atoms with Gasteiger partial charge in [0.1, 0.15) is 0 Å². The fourth-order valence-corrected chi connectivity index (χ4v) is 2.08. The van der Waals surface area contributed by atoms with Gasteiger partial charge >= 0.3 is 6.09 Å². The second kappa shape index (κ2) is 4.57. The third-order valence-electron chi connectivity index (χ3n) is 2.95. The smallest absolute Gasteiger partial charge is 0.419 e. The van der Waals surface area contributed by atoms with Crippen LogP contribution >= 0.6 is 0 Å². The zero-order chi connectivity index (χ0) is 13.2. The van der Waals surface area contributed by atoms with Crippen molar-refractivity contribution in [3.63, 3.8) is 0 Å². The van der Waals surface area contributed by atoms with E-state index in [0.29, 0.717) is 5.82 Å². The predicted octanol–water partition coefficient (Wildman–Crippen LogP) is 3.32. The molecule has 0 N–H and O–H groups in total. The first-order valence-corrected chi connectivity index (χ1v) is 5.92. The summed E-state index contributed by atoms with van der Waals surface area (Å²) in [5, 5.41) is 0. The summed E-state index contributed by atoms with van der Waals surface area (Å²) in [5.41, 5.74) is 2.39. The highest BCUT2D eigenvalue weighted by atomic mass is 16.5. The molecule has 0 aliphatic carbocycles. The zero-order valence-corrected chi connectivity index (χ0v) is 10.4. The summed E-state index contributed by atoms with van der Waals surface area (Å²) in [6.45, 7) is 0. The van der Waals surface area contributed by atoms with Crippen molar-refractivity contribution in [3.8, 4) is 11.4 Å². The van der Waals surface area contributed by atoms with Gasteiger partial charge in [-0.2, -0.15) is 0 Å². The Hall–Kier alpha value is -2.62. The highest BCUT2D eigenvalue weighted by Crippen LogP contribution is 2.24. The molecule has 0 radical (unpaired) electrons. The number of aromatic nitrogens is 2. The first-order valence-electron chi connectivity index (χ1n) is 5.92. The van der Waals surface area contributed by atoms with E-state index in [1.807, 2.05) is 54.6 Å². The number of rotatable bonds is 1. The number of hydrogen-bond acceptors (Lipinski definition) is 3. The monoisotopic (exact) mass is 252 g/mol. The van der Waals surface area contributed by atoms with E-state index in [-0.39, 0.29) is 0 Å². The Kier molecular flexibility index (Phi) is 2.76. The Morgan fingerprint density at radius 2 is 1.74 bits per heavy atom. The minimum atomic E-state index is -0.437.